The molecule has 0 heterocycles. The van der Waals surface area contributed by atoms with Gasteiger partial charge in [0.25, 0.3) is 0 Å². The average Bonchev–Trinajstić information content (AvgIpc) is 2.43. The van der Waals surface area contributed by atoms with Crippen LogP contribution in [0.25, 0.3) is 6.08 Å². The van der Waals surface area contributed by atoms with E-state index < -0.39 is 0 Å². The lowest BCUT2D eigenvalue weighted by Gasteiger charge is -1.99. The maximum absolute atomic E-state index is 12.8. The van der Waals surface area contributed by atoms with Gasteiger partial charge in [0.05, 0.1) is 0 Å². The van der Waals surface area contributed by atoms with Crippen LogP contribution < -0.4 is 0 Å². The molecular formula is C15H11ClFNO. The van der Waals surface area contributed by atoms with Crippen LogP contribution in [0.4, 0.5) is 4.39 Å². The second-order valence-corrected chi connectivity index (χ2v) is 4.31. The molecule has 96 valence electrons. The van der Waals surface area contributed by atoms with E-state index in [-0.39, 0.29) is 5.82 Å². The number of allylic oxidation sites excluding steroid dienone is 1. The van der Waals surface area contributed by atoms with Crippen LogP contribution in [0.2, 0.25) is 5.02 Å². The summed E-state index contributed by atoms with van der Waals surface area (Å²) in [6, 6.07) is 13.0. The minimum Gasteiger partial charge on any atom is -0.410 e. The Bertz CT molecular complexity index is 603. The lowest BCUT2D eigenvalue weighted by atomic mass is 10.1. The molecular weight excluding hydrogens is 265 g/mol. The van der Waals surface area contributed by atoms with E-state index in [4.69, 9.17) is 16.8 Å². The molecule has 2 aromatic rings. The van der Waals surface area contributed by atoms with E-state index >= 15 is 0 Å². The molecule has 0 aromatic heterocycles. The van der Waals surface area contributed by atoms with Crippen molar-refractivity contribution in [1.82, 2.24) is 0 Å². The molecule has 0 spiro atoms. The summed E-state index contributed by atoms with van der Waals surface area (Å²) >= 11 is 5.79. The van der Waals surface area contributed by atoms with E-state index in [0.717, 1.165) is 11.1 Å². The van der Waals surface area contributed by atoms with Crippen molar-refractivity contribution in [3.63, 3.8) is 0 Å². The number of rotatable bonds is 3. The zero-order valence-corrected chi connectivity index (χ0v) is 10.7. The summed E-state index contributed by atoms with van der Waals surface area (Å²) in [5, 5.41) is 12.9. The van der Waals surface area contributed by atoms with E-state index in [2.05, 4.69) is 5.16 Å². The minimum absolute atomic E-state index is 0.286. The van der Waals surface area contributed by atoms with Gasteiger partial charge >= 0.3 is 0 Å². The van der Waals surface area contributed by atoms with Gasteiger partial charge in [-0.1, -0.05) is 47.1 Å². The highest BCUT2D eigenvalue weighted by Crippen LogP contribution is 2.12. The summed E-state index contributed by atoms with van der Waals surface area (Å²) in [7, 11) is 0. The Morgan fingerprint density at radius 2 is 1.68 bits per heavy atom. The van der Waals surface area contributed by atoms with Crippen molar-refractivity contribution in [2.24, 2.45) is 5.16 Å². The molecule has 0 atom stereocenters. The van der Waals surface area contributed by atoms with Gasteiger partial charge in [-0.15, -0.1) is 0 Å². The van der Waals surface area contributed by atoms with Gasteiger partial charge in [-0.3, -0.25) is 0 Å². The van der Waals surface area contributed by atoms with Crippen molar-refractivity contribution in [3.05, 3.63) is 76.6 Å². The first-order chi connectivity index (χ1) is 9.19. The van der Waals surface area contributed by atoms with E-state index in [0.29, 0.717) is 10.7 Å². The van der Waals surface area contributed by atoms with Crippen LogP contribution in [0.3, 0.4) is 0 Å². The third kappa shape index (κ3) is 3.66. The smallest absolute Gasteiger partial charge is 0.123 e. The first-order valence-corrected chi connectivity index (χ1v) is 5.98. The summed E-state index contributed by atoms with van der Waals surface area (Å²) in [5.74, 6) is -0.286. The van der Waals surface area contributed by atoms with E-state index in [9.17, 15) is 4.39 Å². The number of oxime groups is 1. The molecule has 0 unspecified atom stereocenters. The molecule has 1 N–H and O–H groups in total. The monoisotopic (exact) mass is 275 g/mol. The number of hydrogen-bond donors (Lipinski definition) is 1. The van der Waals surface area contributed by atoms with E-state index in [1.807, 2.05) is 0 Å². The van der Waals surface area contributed by atoms with Gasteiger partial charge in [-0.05, 0) is 35.9 Å². The maximum Gasteiger partial charge on any atom is 0.123 e. The van der Waals surface area contributed by atoms with Crippen LogP contribution in [0, 0.1) is 5.82 Å². The number of nitrogens with zero attached hydrogens (tertiary/aromatic N) is 1. The molecule has 0 saturated carbocycles. The first kappa shape index (κ1) is 13.3. The van der Waals surface area contributed by atoms with E-state index in [1.165, 1.54) is 12.1 Å². The maximum atomic E-state index is 12.8. The first-order valence-electron chi connectivity index (χ1n) is 5.60. The Morgan fingerprint density at radius 1 is 1.05 bits per heavy atom. The molecule has 2 rings (SSSR count). The third-order valence-corrected chi connectivity index (χ3v) is 2.80. The minimum atomic E-state index is -0.286. The van der Waals surface area contributed by atoms with Gasteiger partial charge in [0.1, 0.15) is 11.5 Å². The van der Waals surface area contributed by atoms with E-state index in [1.54, 1.807) is 48.6 Å². The molecule has 0 aliphatic heterocycles. The van der Waals surface area contributed by atoms with Crippen LogP contribution in [0.5, 0.6) is 0 Å². The van der Waals surface area contributed by atoms with Crippen molar-refractivity contribution in [1.29, 1.82) is 0 Å². The lowest BCUT2D eigenvalue weighted by molar-refractivity contribution is 0.320. The molecule has 0 radical (unpaired) electrons. The number of halogens is 2. The summed E-state index contributed by atoms with van der Waals surface area (Å²) in [5.41, 5.74) is 1.96. The van der Waals surface area contributed by atoms with Crippen LogP contribution in [-0.2, 0) is 0 Å². The van der Waals surface area contributed by atoms with Crippen LogP contribution in [0.1, 0.15) is 11.1 Å². The standard InChI is InChI=1S/C15H11ClFNO/c16-13-6-4-12(5-7-13)15(18-19)10-3-11-1-8-14(17)9-2-11/h1-10,19H/b10-3+,18-15+. The van der Waals surface area contributed by atoms with Crippen LogP contribution in [-0.4, -0.2) is 10.9 Å². The zero-order chi connectivity index (χ0) is 13.7. The van der Waals surface area contributed by atoms with Crippen LogP contribution in [0.15, 0.2) is 59.8 Å². The Balaban J connectivity index is 2.20. The molecule has 0 fully saturated rings. The highest BCUT2D eigenvalue weighted by atomic mass is 35.5. The van der Waals surface area contributed by atoms with Crippen molar-refractivity contribution in [2.75, 3.05) is 0 Å². The fourth-order valence-corrected chi connectivity index (χ4v) is 1.68. The molecule has 0 saturated heterocycles. The molecule has 0 aliphatic rings. The van der Waals surface area contributed by atoms with Gasteiger partial charge in [0, 0.05) is 10.6 Å². The number of hydrogen-bond acceptors (Lipinski definition) is 2. The fraction of sp³-hybridized carbons (Fsp3) is 0. The predicted octanol–water partition coefficient (Wildman–Crippen LogP) is 4.37. The molecule has 2 aromatic carbocycles. The largest absolute Gasteiger partial charge is 0.410 e. The summed E-state index contributed by atoms with van der Waals surface area (Å²) in [6.07, 6.45) is 3.39. The Morgan fingerprint density at radius 3 is 2.26 bits per heavy atom. The van der Waals surface area contributed by atoms with Crippen molar-refractivity contribution < 1.29 is 9.60 Å². The highest BCUT2D eigenvalue weighted by Gasteiger charge is 2.00. The second-order valence-electron chi connectivity index (χ2n) is 3.88. The van der Waals surface area contributed by atoms with Crippen molar-refractivity contribution >= 4 is 23.4 Å². The van der Waals surface area contributed by atoms with Crippen molar-refractivity contribution in [3.8, 4) is 0 Å². The molecule has 0 amide bonds. The number of benzene rings is 2. The molecule has 19 heavy (non-hydrogen) atoms. The molecule has 0 aliphatic carbocycles. The average molecular weight is 276 g/mol. The second kappa shape index (κ2) is 6.16. The molecule has 4 heteroatoms. The Labute approximate surface area is 115 Å². The van der Waals surface area contributed by atoms with Gasteiger partial charge in [-0.2, -0.15) is 0 Å². The van der Waals surface area contributed by atoms with Gasteiger partial charge < -0.3 is 5.21 Å². The van der Waals surface area contributed by atoms with Gasteiger partial charge in [-0.25, -0.2) is 4.39 Å². The predicted molar refractivity (Wildman–Crippen MR) is 75.2 cm³/mol. The van der Waals surface area contributed by atoms with Gasteiger partial charge in [0.15, 0.2) is 0 Å². The summed E-state index contributed by atoms with van der Waals surface area (Å²) < 4.78 is 12.8. The van der Waals surface area contributed by atoms with Gasteiger partial charge in [0.2, 0.25) is 0 Å². The zero-order valence-electron chi connectivity index (χ0n) is 9.92. The fourth-order valence-electron chi connectivity index (χ4n) is 1.56. The SMILES string of the molecule is O/N=C(\C=C\c1ccc(F)cc1)c1ccc(Cl)cc1. The van der Waals surface area contributed by atoms with Crippen LogP contribution >= 0.6 is 11.6 Å². The third-order valence-electron chi connectivity index (χ3n) is 2.55. The molecule has 0 bridgehead atoms. The summed E-state index contributed by atoms with van der Waals surface area (Å²) in [6.45, 7) is 0. The summed E-state index contributed by atoms with van der Waals surface area (Å²) in [4.78, 5) is 0. The lowest BCUT2D eigenvalue weighted by Crippen LogP contribution is -1.95. The van der Waals surface area contributed by atoms with Crippen molar-refractivity contribution in [2.45, 2.75) is 0 Å². The normalized spacial score (nSPS) is 12.0. The highest BCUT2D eigenvalue weighted by molar-refractivity contribution is 6.30. The molecule has 2 nitrogen and oxygen atoms in total. The quantitative estimate of drug-likeness (QED) is 0.503. The Kier molecular flexibility index (Phi) is 4.31. The topological polar surface area (TPSA) is 32.6 Å². The Hall–Kier alpha value is -2.13.